The molecule has 1 aromatic carbocycles. The van der Waals surface area contributed by atoms with Crippen LogP contribution in [-0.4, -0.2) is 41.9 Å². The van der Waals surface area contributed by atoms with Gasteiger partial charge in [-0.25, -0.2) is 8.42 Å². The minimum Gasteiger partial charge on any atom is -0.364 e. The van der Waals surface area contributed by atoms with E-state index >= 15 is 0 Å². The fourth-order valence-corrected chi connectivity index (χ4v) is 5.03. The van der Waals surface area contributed by atoms with Crippen molar-refractivity contribution in [2.45, 2.75) is 30.6 Å². The summed E-state index contributed by atoms with van der Waals surface area (Å²) >= 11 is 5.96. The van der Waals surface area contributed by atoms with Crippen molar-refractivity contribution in [1.29, 1.82) is 0 Å². The third-order valence-corrected chi connectivity index (χ3v) is 6.79. The van der Waals surface area contributed by atoms with Gasteiger partial charge in [0, 0.05) is 29.7 Å². The second kappa shape index (κ2) is 6.78. The summed E-state index contributed by atoms with van der Waals surface area (Å²) in [5.41, 5.74) is 6.88. The first-order valence-corrected chi connectivity index (χ1v) is 9.72. The number of sulfonamides is 1. The summed E-state index contributed by atoms with van der Waals surface area (Å²) in [4.78, 5) is 11.4. The molecule has 9 heteroatoms. The number of hydrogen-bond acceptors (Lipinski definition) is 4. The van der Waals surface area contributed by atoms with Gasteiger partial charge in [-0.1, -0.05) is 17.7 Å². The topological polar surface area (TPSA) is 109 Å². The molecule has 0 unspecified atom stereocenters. The number of piperidine rings is 1. The maximum absolute atomic E-state index is 12.9. The molecule has 3 N–H and O–H groups in total. The van der Waals surface area contributed by atoms with Crippen molar-refractivity contribution in [3.63, 3.8) is 0 Å². The second-order valence-electron chi connectivity index (χ2n) is 6.16. The molecule has 1 saturated heterocycles. The van der Waals surface area contributed by atoms with Gasteiger partial charge in [0.25, 0.3) is 5.91 Å². The van der Waals surface area contributed by atoms with Gasteiger partial charge in [-0.2, -0.15) is 9.40 Å². The maximum atomic E-state index is 12.9. The summed E-state index contributed by atoms with van der Waals surface area (Å²) in [7, 11) is -3.58. The Morgan fingerprint density at radius 1 is 1.32 bits per heavy atom. The molecule has 2 aromatic rings. The molecule has 1 fully saturated rings. The van der Waals surface area contributed by atoms with Gasteiger partial charge in [-0.05, 0) is 43.5 Å². The van der Waals surface area contributed by atoms with Crippen LogP contribution in [0.2, 0.25) is 5.02 Å². The highest BCUT2D eigenvalue weighted by molar-refractivity contribution is 7.89. The number of hydrogen-bond donors (Lipinski definition) is 2. The number of carbonyl (C=O) groups is 1. The number of benzene rings is 1. The van der Waals surface area contributed by atoms with Crippen LogP contribution in [0.1, 0.15) is 40.5 Å². The van der Waals surface area contributed by atoms with Gasteiger partial charge in [0.1, 0.15) is 5.69 Å². The van der Waals surface area contributed by atoms with Gasteiger partial charge in [0.15, 0.2) is 0 Å². The van der Waals surface area contributed by atoms with E-state index in [0.29, 0.717) is 36.5 Å². The number of nitrogens with one attached hydrogen (secondary N) is 1. The molecular weight excluding hydrogens is 364 g/mol. The molecule has 1 aliphatic heterocycles. The minimum atomic E-state index is -3.58. The molecule has 25 heavy (non-hydrogen) atoms. The van der Waals surface area contributed by atoms with E-state index in [1.54, 1.807) is 25.1 Å². The fourth-order valence-electron chi connectivity index (χ4n) is 3.07. The van der Waals surface area contributed by atoms with Gasteiger partial charge in [-0.15, -0.1) is 0 Å². The van der Waals surface area contributed by atoms with Gasteiger partial charge in [0.2, 0.25) is 10.0 Å². The molecule has 134 valence electrons. The standard InChI is InChI=1S/C16H19ClN4O3S/c1-10-2-3-12(17)8-15(10)25(23,24)21-6-4-11(5-7-21)13-9-14(16(18)22)20-19-13/h2-3,8-9,11H,4-7H2,1H3,(H2,18,22)(H,19,20). The minimum absolute atomic E-state index is 0.118. The van der Waals surface area contributed by atoms with E-state index in [-0.39, 0.29) is 16.5 Å². The molecule has 0 atom stereocenters. The van der Waals surface area contributed by atoms with Crippen molar-refractivity contribution in [1.82, 2.24) is 14.5 Å². The van der Waals surface area contributed by atoms with Crippen molar-refractivity contribution in [3.8, 4) is 0 Å². The van der Waals surface area contributed by atoms with Crippen molar-refractivity contribution < 1.29 is 13.2 Å². The number of aryl methyl sites for hydroxylation is 1. The molecular formula is C16H19ClN4O3S. The predicted molar refractivity (Wildman–Crippen MR) is 94.0 cm³/mol. The smallest absolute Gasteiger partial charge is 0.269 e. The average Bonchev–Trinajstić information content (AvgIpc) is 3.07. The fraction of sp³-hybridized carbons (Fsp3) is 0.375. The quantitative estimate of drug-likeness (QED) is 0.843. The van der Waals surface area contributed by atoms with E-state index in [2.05, 4.69) is 10.2 Å². The van der Waals surface area contributed by atoms with Crippen LogP contribution in [-0.2, 0) is 10.0 Å². The van der Waals surface area contributed by atoms with E-state index in [9.17, 15) is 13.2 Å². The van der Waals surface area contributed by atoms with Crippen molar-refractivity contribution in [2.24, 2.45) is 5.73 Å². The molecule has 0 spiro atoms. The molecule has 1 aromatic heterocycles. The molecule has 3 rings (SSSR count). The molecule has 0 saturated carbocycles. The maximum Gasteiger partial charge on any atom is 0.269 e. The van der Waals surface area contributed by atoms with Gasteiger partial charge >= 0.3 is 0 Å². The first kappa shape index (κ1) is 17.9. The third-order valence-electron chi connectivity index (χ3n) is 4.51. The van der Waals surface area contributed by atoms with Crippen LogP contribution < -0.4 is 5.73 Å². The summed E-state index contributed by atoms with van der Waals surface area (Å²) < 4.78 is 27.2. The number of aromatic nitrogens is 2. The Morgan fingerprint density at radius 2 is 2.00 bits per heavy atom. The normalized spacial score (nSPS) is 16.9. The van der Waals surface area contributed by atoms with E-state index in [0.717, 1.165) is 5.69 Å². The van der Waals surface area contributed by atoms with E-state index in [1.807, 2.05) is 0 Å². The monoisotopic (exact) mass is 382 g/mol. The number of amides is 1. The Balaban J connectivity index is 1.75. The highest BCUT2D eigenvalue weighted by Gasteiger charge is 2.31. The zero-order valence-corrected chi connectivity index (χ0v) is 15.3. The number of nitrogens with zero attached hydrogens (tertiary/aromatic N) is 2. The molecule has 1 amide bonds. The second-order valence-corrected chi connectivity index (χ2v) is 8.50. The summed E-state index contributed by atoms with van der Waals surface area (Å²) in [5, 5.41) is 7.10. The lowest BCUT2D eigenvalue weighted by Crippen LogP contribution is -2.38. The molecule has 2 heterocycles. The molecule has 0 aliphatic carbocycles. The lowest BCUT2D eigenvalue weighted by atomic mass is 9.94. The first-order valence-electron chi connectivity index (χ1n) is 7.90. The summed E-state index contributed by atoms with van der Waals surface area (Å²) in [6.07, 6.45) is 1.28. The molecule has 0 radical (unpaired) electrons. The van der Waals surface area contributed by atoms with Crippen molar-refractivity contribution in [2.75, 3.05) is 13.1 Å². The number of halogens is 1. The summed E-state index contributed by atoms with van der Waals surface area (Å²) in [6, 6.07) is 6.51. The Labute approximate surface area is 151 Å². The Kier molecular flexibility index (Phi) is 4.86. The Morgan fingerprint density at radius 3 is 2.60 bits per heavy atom. The van der Waals surface area contributed by atoms with Crippen molar-refractivity contribution >= 4 is 27.5 Å². The Bertz CT molecular complexity index is 902. The molecule has 1 aliphatic rings. The zero-order valence-electron chi connectivity index (χ0n) is 13.7. The van der Waals surface area contributed by atoms with Crippen LogP contribution in [0.4, 0.5) is 0 Å². The van der Waals surface area contributed by atoms with E-state index < -0.39 is 15.9 Å². The van der Waals surface area contributed by atoms with E-state index in [4.69, 9.17) is 17.3 Å². The predicted octanol–water partition coefficient (Wildman–Crippen LogP) is 2.04. The van der Waals surface area contributed by atoms with Crippen molar-refractivity contribution in [3.05, 3.63) is 46.2 Å². The largest absolute Gasteiger partial charge is 0.364 e. The highest BCUT2D eigenvalue weighted by atomic mass is 35.5. The van der Waals surface area contributed by atoms with Gasteiger partial charge in [0.05, 0.1) is 4.90 Å². The Hall–Kier alpha value is -1.90. The number of aromatic amines is 1. The van der Waals surface area contributed by atoms with Crippen LogP contribution in [0.25, 0.3) is 0 Å². The average molecular weight is 383 g/mol. The number of H-pyrrole nitrogens is 1. The van der Waals surface area contributed by atoms with Gasteiger partial charge < -0.3 is 5.73 Å². The number of carbonyl (C=O) groups excluding carboxylic acids is 1. The third kappa shape index (κ3) is 3.56. The summed E-state index contributed by atoms with van der Waals surface area (Å²) in [5.74, 6) is -0.466. The highest BCUT2D eigenvalue weighted by Crippen LogP contribution is 2.31. The lowest BCUT2D eigenvalue weighted by Gasteiger charge is -2.31. The van der Waals surface area contributed by atoms with Crippen LogP contribution in [0.15, 0.2) is 29.2 Å². The number of primary amides is 1. The van der Waals surface area contributed by atoms with Crippen LogP contribution in [0.5, 0.6) is 0 Å². The SMILES string of the molecule is Cc1ccc(Cl)cc1S(=O)(=O)N1CCC(c2cc(C(N)=O)n[nH]2)CC1. The van der Waals surface area contributed by atoms with Gasteiger partial charge in [-0.3, -0.25) is 9.89 Å². The van der Waals surface area contributed by atoms with E-state index in [1.165, 1.54) is 10.4 Å². The molecule has 7 nitrogen and oxygen atoms in total. The van der Waals surface area contributed by atoms with Crippen LogP contribution in [0.3, 0.4) is 0 Å². The lowest BCUT2D eigenvalue weighted by molar-refractivity contribution is 0.0995. The van der Waals surface area contributed by atoms with Crippen LogP contribution in [0, 0.1) is 6.92 Å². The summed E-state index contributed by atoms with van der Waals surface area (Å²) in [6.45, 7) is 2.54. The first-order chi connectivity index (χ1) is 11.8. The molecule has 0 bridgehead atoms. The number of rotatable bonds is 4. The van der Waals surface area contributed by atoms with Crippen LogP contribution >= 0.6 is 11.6 Å². The zero-order chi connectivity index (χ0) is 18.2. The number of nitrogens with two attached hydrogens (primary N) is 1.